The molecule has 0 fully saturated rings. The normalized spacial score (nSPS) is 11.0. The number of ether oxygens (including phenoxy) is 2. The predicted octanol–water partition coefficient (Wildman–Crippen LogP) is 3.49. The Labute approximate surface area is 148 Å². The summed E-state index contributed by atoms with van der Waals surface area (Å²) in [5.41, 5.74) is 3.02. The van der Waals surface area contributed by atoms with Crippen LogP contribution in [0.1, 0.15) is 10.4 Å². The van der Waals surface area contributed by atoms with Crippen molar-refractivity contribution in [2.75, 3.05) is 14.2 Å². The molecule has 3 heterocycles. The zero-order valence-corrected chi connectivity index (χ0v) is 14.1. The van der Waals surface area contributed by atoms with Crippen molar-refractivity contribution < 1.29 is 19.4 Å². The van der Waals surface area contributed by atoms with Gasteiger partial charge in [0.2, 0.25) is 5.88 Å². The van der Waals surface area contributed by atoms with E-state index in [1.54, 1.807) is 19.2 Å². The summed E-state index contributed by atoms with van der Waals surface area (Å²) in [6.07, 6.45) is 0. The maximum Gasteiger partial charge on any atom is 0.337 e. The number of aromatic carboxylic acids is 1. The summed E-state index contributed by atoms with van der Waals surface area (Å²) in [4.78, 5) is 23.8. The van der Waals surface area contributed by atoms with E-state index in [0.29, 0.717) is 28.3 Å². The molecule has 130 valence electrons. The summed E-state index contributed by atoms with van der Waals surface area (Å²) in [5.74, 6) is 0.124. The monoisotopic (exact) mass is 349 g/mol. The average Bonchev–Trinajstić information content (AvgIpc) is 3.04. The van der Waals surface area contributed by atoms with Crippen LogP contribution < -0.4 is 9.47 Å². The van der Waals surface area contributed by atoms with E-state index in [1.807, 2.05) is 30.3 Å². The Balaban J connectivity index is 1.99. The van der Waals surface area contributed by atoms with Gasteiger partial charge in [0.15, 0.2) is 0 Å². The number of carboxylic acids is 1. The van der Waals surface area contributed by atoms with E-state index in [4.69, 9.17) is 9.47 Å². The molecule has 0 aliphatic rings. The molecule has 0 bridgehead atoms. The second kappa shape index (κ2) is 6.03. The van der Waals surface area contributed by atoms with Gasteiger partial charge in [0.25, 0.3) is 0 Å². The SMILES string of the molecule is COc1ccc(-c2cc(C(=O)O)c3[nH]c4nc(OC)ccc4c3n2)cc1. The highest BCUT2D eigenvalue weighted by Gasteiger charge is 2.18. The third-order valence-corrected chi connectivity index (χ3v) is 4.21. The lowest BCUT2D eigenvalue weighted by Gasteiger charge is -2.06. The van der Waals surface area contributed by atoms with Gasteiger partial charge in [0.1, 0.15) is 11.4 Å². The van der Waals surface area contributed by atoms with E-state index in [1.165, 1.54) is 7.11 Å². The van der Waals surface area contributed by atoms with Crippen molar-refractivity contribution in [3.63, 3.8) is 0 Å². The summed E-state index contributed by atoms with van der Waals surface area (Å²) < 4.78 is 10.3. The van der Waals surface area contributed by atoms with Crippen molar-refractivity contribution in [1.82, 2.24) is 15.0 Å². The van der Waals surface area contributed by atoms with Crippen LogP contribution in [0.2, 0.25) is 0 Å². The smallest absolute Gasteiger partial charge is 0.337 e. The Morgan fingerprint density at radius 3 is 2.46 bits per heavy atom. The number of H-pyrrole nitrogens is 1. The van der Waals surface area contributed by atoms with Crippen LogP contribution in [0, 0.1) is 0 Å². The molecule has 1 aromatic carbocycles. The van der Waals surface area contributed by atoms with E-state index in [0.717, 1.165) is 16.7 Å². The summed E-state index contributed by atoms with van der Waals surface area (Å²) in [6, 6.07) is 12.4. The summed E-state index contributed by atoms with van der Waals surface area (Å²) in [7, 11) is 3.12. The topological polar surface area (TPSA) is 97.3 Å². The number of rotatable bonds is 4. The molecule has 0 atom stereocenters. The number of carboxylic acid groups (broad SMARTS) is 1. The van der Waals surface area contributed by atoms with Crippen molar-refractivity contribution in [2.24, 2.45) is 0 Å². The fourth-order valence-corrected chi connectivity index (χ4v) is 2.90. The Hall–Kier alpha value is -3.61. The van der Waals surface area contributed by atoms with Gasteiger partial charge in [0.05, 0.1) is 36.5 Å². The Bertz CT molecular complexity index is 1130. The molecule has 4 aromatic rings. The highest BCUT2D eigenvalue weighted by atomic mass is 16.5. The molecule has 26 heavy (non-hydrogen) atoms. The first-order chi connectivity index (χ1) is 12.6. The number of pyridine rings is 2. The van der Waals surface area contributed by atoms with Crippen molar-refractivity contribution in [2.45, 2.75) is 0 Å². The average molecular weight is 349 g/mol. The number of methoxy groups -OCH3 is 2. The number of carbonyl (C=O) groups is 1. The van der Waals surface area contributed by atoms with Crippen LogP contribution >= 0.6 is 0 Å². The molecule has 3 aromatic heterocycles. The molecule has 0 saturated heterocycles. The van der Waals surface area contributed by atoms with Crippen molar-refractivity contribution >= 4 is 28.0 Å². The molecular weight excluding hydrogens is 334 g/mol. The molecule has 4 rings (SSSR count). The van der Waals surface area contributed by atoms with Crippen LogP contribution in [-0.4, -0.2) is 40.2 Å². The number of aromatic nitrogens is 3. The molecule has 0 amide bonds. The van der Waals surface area contributed by atoms with Crippen LogP contribution in [0.3, 0.4) is 0 Å². The minimum atomic E-state index is -1.04. The van der Waals surface area contributed by atoms with E-state index in [9.17, 15) is 9.90 Å². The number of aromatic amines is 1. The standard InChI is InChI=1S/C19H15N3O4/c1-25-11-5-3-10(4-6-11)14-9-13(19(23)24)17-16(20-14)12-7-8-15(26-2)21-18(12)22-17/h3-9H,1-2H3,(H,21,22)(H,23,24). The first kappa shape index (κ1) is 15.9. The molecule has 0 saturated carbocycles. The number of hydrogen-bond acceptors (Lipinski definition) is 5. The van der Waals surface area contributed by atoms with Crippen LogP contribution in [-0.2, 0) is 0 Å². The predicted molar refractivity (Wildman–Crippen MR) is 96.9 cm³/mol. The van der Waals surface area contributed by atoms with Crippen LogP contribution in [0.4, 0.5) is 0 Å². The Morgan fingerprint density at radius 2 is 1.81 bits per heavy atom. The van der Waals surface area contributed by atoms with Crippen LogP contribution in [0.15, 0.2) is 42.5 Å². The number of benzene rings is 1. The zero-order valence-electron chi connectivity index (χ0n) is 14.1. The van der Waals surface area contributed by atoms with Gasteiger partial charge in [-0.2, -0.15) is 4.98 Å². The summed E-state index contributed by atoms with van der Waals surface area (Å²) in [6.45, 7) is 0. The molecule has 0 unspecified atom stereocenters. The summed E-state index contributed by atoms with van der Waals surface area (Å²) in [5, 5.41) is 10.4. The first-order valence-electron chi connectivity index (χ1n) is 7.86. The van der Waals surface area contributed by atoms with Gasteiger partial charge in [-0.3, -0.25) is 0 Å². The third kappa shape index (κ3) is 2.50. The highest BCUT2D eigenvalue weighted by molar-refractivity contribution is 6.11. The molecule has 0 radical (unpaired) electrons. The van der Waals surface area contributed by atoms with Crippen molar-refractivity contribution in [3.05, 3.63) is 48.0 Å². The molecule has 2 N–H and O–H groups in total. The van der Waals surface area contributed by atoms with Crippen LogP contribution in [0.25, 0.3) is 33.3 Å². The Morgan fingerprint density at radius 1 is 1.04 bits per heavy atom. The van der Waals surface area contributed by atoms with E-state index < -0.39 is 5.97 Å². The van der Waals surface area contributed by atoms with Gasteiger partial charge in [0, 0.05) is 17.0 Å². The highest BCUT2D eigenvalue weighted by Crippen LogP contribution is 2.31. The van der Waals surface area contributed by atoms with Crippen molar-refractivity contribution in [1.29, 1.82) is 0 Å². The molecular formula is C19H15N3O4. The van der Waals surface area contributed by atoms with E-state index in [2.05, 4.69) is 15.0 Å². The first-order valence-corrected chi connectivity index (χ1v) is 7.86. The number of hydrogen-bond donors (Lipinski definition) is 2. The second-order valence-corrected chi connectivity index (χ2v) is 5.69. The molecule has 0 spiro atoms. The molecule has 7 heteroatoms. The van der Waals surface area contributed by atoms with Crippen LogP contribution in [0.5, 0.6) is 11.6 Å². The van der Waals surface area contributed by atoms with Gasteiger partial charge in [-0.25, -0.2) is 9.78 Å². The number of nitrogens with zero attached hydrogens (tertiary/aromatic N) is 2. The van der Waals surface area contributed by atoms with Gasteiger partial charge < -0.3 is 19.6 Å². The van der Waals surface area contributed by atoms with Gasteiger partial charge in [-0.1, -0.05) is 0 Å². The second-order valence-electron chi connectivity index (χ2n) is 5.69. The fraction of sp³-hybridized carbons (Fsp3) is 0.105. The lowest BCUT2D eigenvalue weighted by atomic mass is 10.1. The van der Waals surface area contributed by atoms with Gasteiger partial charge >= 0.3 is 5.97 Å². The largest absolute Gasteiger partial charge is 0.497 e. The minimum absolute atomic E-state index is 0.137. The lowest BCUT2D eigenvalue weighted by Crippen LogP contribution is -2.00. The van der Waals surface area contributed by atoms with E-state index >= 15 is 0 Å². The van der Waals surface area contributed by atoms with E-state index in [-0.39, 0.29) is 5.56 Å². The maximum atomic E-state index is 11.8. The van der Waals surface area contributed by atoms with Gasteiger partial charge in [-0.15, -0.1) is 0 Å². The molecule has 7 nitrogen and oxygen atoms in total. The molecule has 0 aliphatic carbocycles. The lowest BCUT2D eigenvalue weighted by molar-refractivity contribution is 0.0699. The zero-order chi connectivity index (χ0) is 18.3. The Kier molecular flexibility index (Phi) is 3.69. The number of fused-ring (bicyclic) bond motifs is 3. The fourth-order valence-electron chi connectivity index (χ4n) is 2.90. The van der Waals surface area contributed by atoms with Gasteiger partial charge in [-0.05, 0) is 36.4 Å². The quantitative estimate of drug-likeness (QED) is 0.585. The minimum Gasteiger partial charge on any atom is -0.497 e. The summed E-state index contributed by atoms with van der Waals surface area (Å²) >= 11 is 0. The third-order valence-electron chi connectivity index (χ3n) is 4.21. The van der Waals surface area contributed by atoms with Crippen molar-refractivity contribution in [3.8, 4) is 22.9 Å². The number of nitrogens with one attached hydrogen (secondary N) is 1. The molecule has 0 aliphatic heterocycles. The maximum absolute atomic E-state index is 11.8.